The van der Waals surface area contributed by atoms with Crippen LogP contribution in [0.5, 0.6) is 0 Å². The molecule has 0 radical (unpaired) electrons. The lowest BCUT2D eigenvalue weighted by Crippen LogP contribution is -2.45. The predicted octanol–water partition coefficient (Wildman–Crippen LogP) is 22.1. The Hall–Kier alpha value is -2.18. The van der Waals surface area contributed by atoms with Gasteiger partial charge in [0.25, 0.3) is 0 Å². The lowest BCUT2D eigenvalue weighted by Gasteiger charge is -2.20. The van der Waals surface area contributed by atoms with Gasteiger partial charge in [-0.05, 0) is 89.9 Å². The first kappa shape index (κ1) is 74.8. The van der Waals surface area contributed by atoms with E-state index in [2.05, 4.69) is 55.6 Å². The maximum Gasteiger partial charge on any atom is 0.305 e. The molecule has 3 N–H and O–H groups in total. The van der Waals surface area contributed by atoms with Crippen molar-refractivity contribution in [3.63, 3.8) is 0 Å². The molecule has 0 spiro atoms. The van der Waals surface area contributed by atoms with Crippen molar-refractivity contribution >= 4 is 11.9 Å². The summed E-state index contributed by atoms with van der Waals surface area (Å²) in [5.74, 6) is -0.0634. The molecule has 0 rings (SSSR count). The average molecular weight is 1080 g/mol. The summed E-state index contributed by atoms with van der Waals surface area (Å²) in [5, 5.41) is 23.2. The quantitative estimate of drug-likeness (QED) is 0.0320. The number of amides is 1. The summed E-state index contributed by atoms with van der Waals surface area (Å²) in [6.07, 6.45) is 86.1. The Labute approximate surface area is 480 Å². The topological polar surface area (TPSA) is 95.9 Å². The zero-order valence-corrected chi connectivity index (χ0v) is 51.7. The van der Waals surface area contributed by atoms with Crippen LogP contribution in [0, 0.1) is 0 Å². The normalized spacial score (nSPS) is 12.8. The van der Waals surface area contributed by atoms with Gasteiger partial charge in [0.05, 0.1) is 25.4 Å². The molecule has 0 aliphatic rings. The van der Waals surface area contributed by atoms with Crippen molar-refractivity contribution in [1.82, 2.24) is 5.32 Å². The minimum absolute atomic E-state index is 0.00431. The molecule has 0 aliphatic heterocycles. The Morgan fingerprint density at radius 3 is 1.00 bits per heavy atom. The highest BCUT2D eigenvalue weighted by molar-refractivity contribution is 5.76. The minimum atomic E-state index is -0.846. The molecule has 0 saturated carbocycles. The second-order valence-corrected chi connectivity index (χ2v) is 23.5. The van der Waals surface area contributed by atoms with E-state index >= 15 is 0 Å². The summed E-state index contributed by atoms with van der Waals surface area (Å²) in [6, 6.07) is -0.629. The van der Waals surface area contributed by atoms with E-state index in [0.29, 0.717) is 19.4 Å². The van der Waals surface area contributed by atoms with Gasteiger partial charge in [-0.2, -0.15) is 0 Å². The molecule has 452 valence electrons. The Bertz CT molecular complexity index is 1290. The van der Waals surface area contributed by atoms with Crippen molar-refractivity contribution < 1.29 is 24.5 Å². The Balaban J connectivity index is 3.42. The number of ether oxygens (including phenoxy) is 1. The van der Waals surface area contributed by atoms with Gasteiger partial charge in [-0.25, -0.2) is 0 Å². The largest absolute Gasteiger partial charge is 0.466 e. The van der Waals surface area contributed by atoms with Crippen LogP contribution in [0.2, 0.25) is 0 Å². The fourth-order valence-corrected chi connectivity index (χ4v) is 10.5. The summed E-state index contributed by atoms with van der Waals surface area (Å²) in [5.41, 5.74) is 0. The minimum Gasteiger partial charge on any atom is -0.466 e. The van der Waals surface area contributed by atoms with E-state index in [9.17, 15) is 19.8 Å². The van der Waals surface area contributed by atoms with Crippen LogP contribution in [-0.2, 0) is 14.3 Å². The summed E-state index contributed by atoms with van der Waals surface area (Å²) in [7, 11) is 0. The third kappa shape index (κ3) is 62.9. The van der Waals surface area contributed by atoms with E-state index < -0.39 is 12.1 Å². The van der Waals surface area contributed by atoms with Crippen LogP contribution in [0.25, 0.3) is 0 Å². The first-order chi connectivity index (χ1) is 38.0. The van der Waals surface area contributed by atoms with Gasteiger partial charge < -0.3 is 20.3 Å². The molecule has 0 bridgehead atoms. The monoisotopic (exact) mass is 1080 g/mol. The van der Waals surface area contributed by atoms with Crippen LogP contribution in [-0.4, -0.2) is 47.4 Å². The predicted molar refractivity (Wildman–Crippen MR) is 338 cm³/mol. The first-order valence-electron chi connectivity index (χ1n) is 34.4. The molecule has 0 aromatic carbocycles. The molecule has 6 nitrogen and oxygen atoms in total. The lowest BCUT2D eigenvalue weighted by atomic mass is 10.0. The molecular weight excluding hydrogens is 947 g/mol. The van der Waals surface area contributed by atoms with Crippen LogP contribution in [0.3, 0.4) is 0 Å². The van der Waals surface area contributed by atoms with Gasteiger partial charge in [-0.3, -0.25) is 9.59 Å². The molecule has 0 aliphatic carbocycles. The van der Waals surface area contributed by atoms with Gasteiger partial charge in [0.1, 0.15) is 0 Å². The van der Waals surface area contributed by atoms with Crippen molar-refractivity contribution in [3.05, 3.63) is 48.6 Å². The number of hydrogen-bond donors (Lipinski definition) is 3. The molecule has 0 saturated heterocycles. The molecule has 6 heteroatoms. The number of aliphatic hydroxyl groups is 2. The van der Waals surface area contributed by atoms with Gasteiger partial charge >= 0.3 is 5.97 Å². The second kappa shape index (κ2) is 66.3. The highest BCUT2D eigenvalue weighted by Crippen LogP contribution is 2.17. The smallest absolute Gasteiger partial charge is 0.305 e. The SMILES string of the molecule is CCCCCCCCC/C=C\CCCCCCCC(=O)OCCCCCCCCCCC/C=C\C/C=C\CCCCCCCCCCCCCCCC(=O)NC(CO)C(O)/C=C/CCCCCCCCCCCCCCC. The van der Waals surface area contributed by atoms with Gasteiger partial charge in [0.15, 0.2) is 0 Å². The van der Waals surface area contributed by atoms with E-state index in [1.165, 1.54) is 289 Å². The van der Waals surface area contributed by atoms with Gasteiger partial charge in [0.2, 0.25) is 5.91 Å². The average Bonchev–Trinajstić information content (AvgIpc) is 3.43. The van der Waals surface area contributed by atoms with Crippen molar-refractivity contribution in [2.45, 2.75) is 379 Å². The molecule has 77 heavy (non-hydrogen) atoms. The highest BCUT2D eigenvalue weighted by Gasteiger charge is 2.18. The van der Waals surface area contributed by atoms with Crippen molar-refractivity contribution in [1.29, 1.82) is 0 Å². The number of esters is 1. The third-order valence-corrected chi connectivity index (χ3v) is 15.8. The van der Waals surface area contributed by atoms with Crippen molar-refractivity contribution in [3.8, 4) is 0 Å². The third-order valence-electron chi connectivity index (χ3n) is 15.8. The zero-order valence-electron chi connectivity index (χ0n) is 51.7. The molecule has 0 aromatic heterocycles. The molecule has 0 aromatic rings. The number of carbonyl (C=O) groups is 2. The van der Waals surface area contributed by atoms with E-state index in [1.54, 1.807) is 6.08 Å². The van der Waals surface area contributed by atoms with E-state index in [4.69, 9.17) is 4.74 Å². The number of hydrogen-bond acceptors (Lipinski definition) is 5. The van der Waals surface area contributed by atoms with Crippen LogP contribution in [0.1, 0.15) is 367 Å². The van der Waals surface area contributed by atoms with E-state index in [0.717, 1.165) is 51.4 Å². The zero-order chi connectivity index (χ0) is 55.7. The fraction of sp³-hybridized carbons (Fsp3) is 0.859. The Kier molecular flexibility index (Phi) is 64.5. The number of rotatable bonds is 64. The van der Waals surface area contributed by atoms with Gasteiger partial charge in [-0.1, -0.05) is 313 Å². The number of aliphatic hydroxyl groups excluding tert-OH is 2. The van der Waals surface area contributed by atoms with Gasteiger partial charge in [0, 0.05) is 12.8 Å². The summed E-state index contributed by atoms with van der Waals surface area (Å²) >= 11 is 0. The number of allylic oxidation sites excluding steroid dienone is 7. The fourth-order valence-electron chi connectivity index (χ4n) is 10.5. The molecule has 0 fully saturated rings. The lowest BCUT2D eigenvalue weighted by molar-refractivity contribution is -0.143. The number of unbranched alkanes of at least 4 members (excludes halogenated alkanes) is 47. The first-order valence-corrected chi connectivity index (χ1v) is 34.4. The standard InChI is InChI=1S/C71H133NO5/c1-3-5-7-9-11-13-15-17-19-37-41-45-49-53-57-61-65-71(76)77-66-62-58-54-50-46-42-38-34-32-30-28-26-24-22-20-21-23-25-27-29-31-33-36-40-44-48-52-56-60-64-70(75)72-68(67-73)69(74)63-59-55-51-47-43-39-35-18-16-14-12-10-8-6-4-2/h19-20,22,26,28,37,59,63,68-69,73-74H,3-18,21,23-25,27,29-36,38-58,60-62,64-67H2,1-2H3,(H,72,75)/b22-20-,28-26-,37-19-,63-59+. The number of nitrogens with one attached hydrogen (secondary N) is 1. The maximum atomic E-state index is 12.5. The second-order valence-electron chi connectivity index (χ2n) is 23.5. The van der Waals surface area contributed by atoms with Crippen LogP contribution in [0.15, 0.2) is 48.6 Å². The molecular formula is C71H133NO5. The van der Waals surface area contributed by atoms with E-state index in [-0.39, 0.29) is 18.5 Å². The van der Waals surface area contributed by atoms with Crippen molar-refractivity contribution in [2.75, 3.05) is 13.2 Å². The molecule has 2 unspecified atom stereocenters. The van der Waals surface area contributed by atoms with Gasteiger partial charge in [-0.15, -0.1) is 0 Å². The van der Waals surface area contributed by atoms with Crippen LogP contribution in [0.4, 0.5) is 0 Å². The van der Waals surface area contributed by atoms with E-state index in [1.807, 2.05) is 6.08 Å². The molecule has 0 heterocycles. The summed E-state index contributed by atoms with van der Waals surface area (Å²) < 4.78 is 5.49. The van der Waals surface area contributed by atoms with Crippen molar-refractivity contribution in [2.24, 2.45) is 0 Å². The maximum absolute atomic E-state index is 12.5. The highest BCUT2D eigenvalue weighted by atomic mass is 16.5. The Morgan fingerprint density at radius 1 is 0.364 bits per heavy atom. The summed E-state index contributed by atoms with van der Waals surface area (Å²) in [6.45, 7) is 4.91. The number of carbonyl (C=O) groups excluding carboxylic acids is 2. The Morgan fingerprint density at radius 2 is 0.649 bits per heavy atom. The molecule has 1 amide bonds. The van der Waals surface area contributed by atoms with Crippen LogP contribution < -0.4 is 5.32 Å². The van der Waals surface area contributed by atoms with Crippen LogP contribution >= 0.6 is 0 Å². The molecule has 2 atom stereocenters. The summed E-state index contributed by atoms with van der Waals surface area (Å²) in [4.78, 5) is 24.6.